The van der Waals surface area contributed by atoms with Crippen molar-refractivity contribution >= 4 is 10.9 Å². The second-order valence-corrected chi connectivity index (χ2v) is 4.35. The van der Waals surface area contributed by atoms with Gasteiger partial charge >= 0.3 is 0 Å². The number of aromatic amines is 1. The molecule has 0 unspecified atom stereocenters. The first-order chi connectivity index (χ1) is 7.84. The molecule has 0 saturated carbocycles. The molecule has 3 heteroatoms. The van der Waals surface area contributed by atoms with E-state index in [1.165, 1.54) is 11.6 Å². The third-order valence-corrected chi connectivity index (χ3v) is 3.28. The highest BCUT2D eigenvalue weighted by atomic mass is 19.1. The van der Waals surface area contributed by atoms with Gasteiger partial charge in [0.05, 0.1) is 6.61 Å². The van der Waals surface area contributed by atoms with E-state index in [4.69, 9.17) is 4.74 Å². The van der Waals surface area contributed by atoms with Gasteiger partial charge in [-0.25, -0.2) is 4.39 Å². The summed E-state index contributed by atoms with van der Waals surface area (Å²) in [5, 5.41) is 0.996. The lowest BCUT2D eigenvalue weighted by atomic mass is 9.93. The Hall–Kier alpha value is -1.35. The number of nitrogens with one attached hydrogen (secondary N) is 1. The molecule has 1 aliphatic rings. The molecule has 1 saturated heterocycles. The maximum atomic E-state index is 13.2. The van der Waals surface area contributed by atoms with E-state index < -0.39 is 0 Å². The van der Waals surface area contributed by atoms with Gasteiger partial charge in [-0.15, -0.1) is 0 Å². The number of fused-ring (bicyclic) bond motifs is 1. The van der Waals surface area contributed by atoms with Crippen LogP contribution < -0.4 is 0 Å². The monoisotopic (exact) mass is 219 g/mol. The summed E-state index contributed by atoms with van der Waals surface area (Å²) in [6.07, 6.45) is 4.21. The first kappa shape index (κ1) is 9.85. The number of halogens is 1. The van der Waals surface area contributed by atoms with Crippen LogP contribution in [0.4, 0.5) is 4.39 Å². The predicted octanol–water partition coefficient (Wildman–Crippen LogP) is 3.20. The second kappa shape index (κ2) is 3.91. The number of rotatable bonds is 1. The molecule has 1 aromatic heterocycles. The van der Waals surface area contributed by atoms with Crippen molar-refractivity contribution in [3.8, 4) is 0 Å². The van der Waals surface area contributed by atoms with Crippen molar-refractivity contribution in [1.82, 2.24) is 4.98 Å². The topological polar surface area (TPSA) is 25.0 Å². The van der Waals surface area contributed by atoms with Crippen LogP contribution in [0.2, 0.25) is 0 Å². The number of benzene rings is 1. The highest BCUT2D eigenvalue weighted by molar-refractivity contribution is 5.83. The number of ether oxygens (including phenoxy) is 1. The average molecular weight is 219 g/mol. The van der Waals surface area contributed by atoms with E-state index in [-0.39, 0.29) is 5.82 Å². The molecule has 1 N–H and O–H groups in total. The Morgan fingerprint density at radius 2 is 2.31 bits per heavy atom. The van der Waals surface area contributed by atoms with E-state index in [1.54, 1.807) is 12.1 Å². The summed E-state index contributed by atoms with van der Waals surface area (Å²) >= 11 is 0. The summed E-state index contributed by atoms with van der Waals surface area (Å²) < 4.78 is 18.7. The molecule has 0 radical (unpaired) electrons. The summed E-state index contributed by atoms with van der Waals surface area (Å²) in [6, 6.07) is 4.88. The van der Waals surface area contributed by atoms with Crippen LogP contribution in [0.25, 0.3) is 10.9 Å². The summed E-state index contributed by atoms with van der Waals surface area (Å²) in [4.78, 5) is 3.19. The Bertz CT molecular complexity index is 500. The van der Waals surface area contributed by atoms with E-state index in [1.807, 2.05) is 6.20 Å². The summed E-state index contributed by atoms with van der Waals surface area (Å²) in [7, 11) is 0. The van der Waals surface area contributed by atoms with Gasteiger partial charge in [0.2, 0.25) is 0 Å². The smallest absolute Gasteiger partial charge is 0.123 e. The van der Waals surface area contributed by atoms with E-state index in [9.17, 15) is 4.39 Å². The minimum Gasteiger partial charge on any atom is -0.381 e. The molecule has 1 aliphatic heterocycles. The van der Waals surface area contributed by atoms with Crippen LogP contribution in [0.1, 0.15) is 24.3 Å². The van der Waals surface area contributed by atoms with Crippen LogP contribution in [-0.4, -0.2) is 18.2 Å². The number of H-pyrrole nitrogens is 1. The summed E-state index contributed by atoms with van der Waals surface area (Å²) in [6.45, 7) is 1.61. The lowest BCUT2D eigenvalue weighted by Gasteiger charge is -2.21. The lowest BCUT2D eigenvalue weighted by molar-refractivity contribution is 0.0808. The molecule has 0 bridgehead atoms. The molecule has 0 amide bonds. The van der Waals surface area contributed by atoms with Crippen molar-refractivity contribution in [1.29, 1.82) is 0 Å². The van der Waals surface area contributed by atoms with Gasteiger partial charge in [-0.05, 0) is 36.6 Å². The quantitative estimate of drug-likeness (QED) is 0.782. The maximum absolute atomic E-state index is 13.2. The van der Waals surface area contributed by atoms with E-state index in [0.29, 0.717) is 5.92 Å². The number of hydrogen-bond donors (Lipinski definition) is 1. The molecule has 3 rings (SSSR count). The molecule has 1 atom stereocenters. The summed E-state index contributed by atoms with van der Waals surface area (Å²) in [5.74, 6) is 0.231. The normalized spacial score (nSPS) is 21.4. The molecule has 2 nitrogen and oxygen atoms in total. The third kappa shape index (κ3) is 1.61. The molecule has 0 aliphatic carbocycles. The Balaban J connectivity index is 2.05. The van der Waals surface area contributed by atoms with Crippen molar-refractivity contribution in [2.24, 2.45) is 0 Å². The minimum atomic E-state index is -0.176. The average Bonchev–Trinajstić information content (AvgIpc) is 2.73. The highest BCUT2D eigenvalue weighted by Crippen LogP contribution is 2.31. The van der Waals surface area contributed by atoms with Crippen LogP contribution in [0.15, 0.2) is 24.4 Å². The van der Waals surface area contributed by atoms with Gasteiger partial charge in [0.25, 0.3) is 0 Å². The zero-order valence-electron chi connectivity index (χ0n) is 9.00. The van der Waals surface area contributed by atoms with Crippen LogP contribution in [0, 0.1) is 5.82 Å². The van der Waals surface area contributed by atoms with Crippen molar-refractivity contribution in [3.05, 3.63) is 35.8 Å². The van der Waals surface area contributed by atoms with E-state index >= 15 is 0 Å². The number of hydrogen-bond acceptors (Lipinski definition) is 1. The minimum absolute atomic E-state index is 0.176. The maximum Gasteiger partial charge on any atom is 0.123 e. The summed E-state index contributed by atoms with van der Waals surface area (Å²) in [5.41, 5.74) is 2.19. The fraction of sp³-hybridized carbons (Fsp3) is 0.385. The Morgan fingerprint density at radius 1 is 1.38 bits per heavy atom. The fourth-order valence-corrected chi connectivity index (χ4v) is 2.44. The molecular weight excluding hydrogens is 205 g/mol. The molecule has 84 valence electrons. The number of aromatic nitrogens is 1. The standard InChI is InChI=1S/C13H14FNO/c14-10-3-4-13-11(6-10)12(7-15-13)9-2-1-5-16-8-9/h3-4,6-7,9,15H,1-2,5,8H2/t9-/m0/s1. The Kier molecular flexibility index (Phi) is 2.40. The molecule has 2 heterocycles. The van der Waals surface area contributed by atoms with Crippen molar-refractivity contribution in [2.45, 2.75) is 18.8 Å². The molecule has 16 heavy (non-hydrogen) atoms. The first-order valence-corrected chi connectivity index (χ1v) is 5.69. The van der Waals surface area contributed by atoms with Crippen molar-refractivity contribution in [2.75, 3.05) is 13.2 Å². The Morgan fingerprint density at radius 3 is 3.12 bits per heavy atom. The van der Waals surface area contributed by atoms with Gasteiger partial charge in [0.1, 0.15) is 5.82 Å². The van der Waals surface area contributed by atoms with Crippen LogP contribution in [0.5, 0.6) is 0 Å². The van der Waals surface area contributed by atoms with Crippen molar-refractivity contribution < 1.29 is 9.13 Å². The van der Waals surface area contributed by atoms with Gasteiger partial charge in [-0.1, -0.05) is 0 Å². The van der Waals surface area contributed by atoms with Gasteiger partial charge in [-0.2, -0.15) is 0 Å². The van der Waals surface area contributed by atoms with E-state index in [0.717, 1.165) is 37.0 Å². The van der Waals surface area contributed by atoms with Crippen LogP contribution in [-0.2, 0) is 4.74 Å². The lowest BCUT2D eigenvalue weighted by Crippen LogP contribution is -2.15. The molecular formula is C13H14FNO. The van der Waals surface area contributed by atoms with Gasteiger partial charge in [-0.3, -0.25) is 0 Å². The van der Waals surface area contributed by atoms with Crippen molar-refractivity contribution in [3.63, 3.8) is 0 Å². The highest BCUT2D eigenvalue weighted by Gasteiger charge is 2.19. The van der Waals surface area contributed by atoms with E-state index in [2.05, 4.69) is 4.98 Å². The second-order valence-electron chi connectivity index (χ2n) is 4.35. The first-order valence-electron chi connectivity index (χ1n) is 5.69. The predicted molar refractivity (Wildman–Crippen MR) is 61.1 cm³/mol. The fourth-order valence-electron chi connectivity index (χ4n) is 2.44. The zero-order chi connectivity index (χ0) is 11.0. The van der Waals surface area contributed by atoms with Gasteiger partial charge in [0, 0.05) is 29.6 Å². The van der Waals surface area contributed by atoms with Gasteiger partial charge < -0.3 is 9.72 Å². The molecule has 1 aromatic carbocycles. The molecule has 1 fully saturated rings. The van der Waals surface area contributed by atoms with Crippen LogP contribution >= 0.6 is 0 Å². The SMILES string of the molecule is Fc1ccc2[nH]cc([C@H]3CCCOC3)c2c1. The van der Waals surface area contributed by atoms with Gasteiger partial charge in [0.15, 0.2) is 0 Å². The molecule has 0 spiro atoms. The molecule has 2 aromatic rings. The zero-order valence-corrected chi connectivity index (χ0v) is 9.00. The van der Waals surface area contributed by atoms with Crippen LogP contribution in [0.3, 0.4) is 0 Å². The third-order valence-electron chi connectivity index (χ3n) is 3.28. The largest absolute Gasteiger partial charge is 0.381 e. The Labute approximate surface area is 93.4 Å².